The molecule has 1 aliphatic rings. The van der Waals surface area contributed by atoms with Crippen LogP contribution in [0.3, 0.4) is 0 Å². The van der Waals surface area contributed by atoms with Gasteiger partial charge in [0.1, 0.15) is 4.90 Å². The molecule has 1 fully saturated rings. The molecule has 2 heterocycles. The van der Waals surface area contributed by atoms with E-state index in [2.05, 4.69) is 15.5 Å². The van der Waals surface area contributed by atoms with Crippen molar-refractivity contribution < 1.29 is 18.3 Å². The SMILES string of the molecule is Cn1ccnc1Sc1ccc(/C=N\Nc2ccc([N+](=O)[O-])cc2S(=O)(=O)N2CCCC2)cc1[N+](=O)[O-]. The molecule has 1 aliphatic heterocycles. The first kappa shape index (κ1) is 25.3. The fraction of sp³-hybridized carbons (Fsp3) is 0.238. The van der Waals surface area contributed by atoms with Crippen LogP contribution in [0.1, 0.15) is 18.4 Å². The number of aromatic nitrogens is 2. The van der Waals surface area contributed by atoms with Crippen LogP contribution in [0.5, 0.6) is 0 Å². The highest BCUT2D eigenvalue weighted by Crippen LogP contribution is 2.34. The maximum absolute atomic E-state index is 13.1. The van der Waals surface area contributed by atoms with Crippen LogP contribution >= 0.6 is 11.8 Å². The third-order valence-electron chi connectivity index (χ3n) is 5.42. The molecule has 188 valence electrons. The zero-order valence-corrected chi connectivity index (χ0v) is 20.6. The predicted octanol–water partition coefficient (Wildman–Crippen LogP) is 3.62. The minimum Gasteiger partial charge on any atom is -0.329 e. The third-order valence-corrected chi connectivity index (χ3v) is 8.50. The molecule has 0 atom stereocenters. The smallest absolute Gasteiger partial charge is 0.283 e. The molecule has 1 saturated heterocycles. The molecule has 1 N–H and O–H groups in total. The number of nitro groups is 2. The number of hydrogen-bond donors (Lipinski definition) is 1. The molecule has 0 spiro atoms. The summed E-state index contributed by atoms with van der Waals surface area (Å²) in [6.07, 6.45) is 6.05. The van der Waals surface area contributed by atoms with E-state index in [1.54, 1.807) is 36.1 Å². The summed E-state index contributed by atoms with van der Waals surface area (Å²) < 4.78 is 29.2. The molecule has 36 heavy (non-hydrogen) atoms. The zero-order valence-electron chi connectivity index (χ0n) is 19.0. The van der Waals surface area contributed by atoms with E-state index in [1.165, 1.54) is 28.7 Å². The highest BCUT2D eigenvalue weighted by molar-refractivity contribution is 7.99. The summed E-state index contributed by atoms with van der Waals surface area (Å²) in [5, 5.41) is 27.5. The lowest BCUT2D eigenvalue weighted by molar-refractivity contribution is -0.387. The normalized spacial score (nSPS) is 14.4. The van der Waals surface area contributed by atoms with Crippen LogP contribution in [0, 0.1) is 20.2 Å². The Balaban J connectivity index is 1.60. The fourth-order valence-corrected chi connectivity index (χ4v) is 6.13. The Morgan fingerprint density at radius 1 is 1.11 bits per heavy atom. The first-order valence-corrected chi connectivity index (χ1v) is 12.9. The van der Waals surface area contributed by atoms with Gasteiger partial charge in [0.2, 0.25) is 10.0 Å². The molecule has 0 radical (unpaired) electrons. The van der Waals surface area contributed by atoms with E-state index in [4.69, 9.17) is 0 Å². The Bertz CT molecular complexity index is 1450. The van der Waals surface area contributed by atoms with Crippen LogP contribution in [-0.4, -0.2) is 51.4 Å². The number of hydrogen-bond acceptors (Lipinski definition) is 10. The van der Waals surface area contributed by atoms with Crippen molar-refractivity contribution in [3.63, 3.8) is 0 Å². The molecule has 4 rings (SSSR count). The third kappa shape index (κ3) is 5.37. The Morgan fingerprint density at radius 3 is 2.50 bits per heavy atom. The molecule has 2 aromatic carbocycles. The summed E-state index contributed by atoms with van der Waals surface area (Å²) in [6.45, 7) is 0.667. The standard InChI is InChI=1S/C21H21N7O6S2/c1-25-11-8-22-21(25)35-19-7-4-15(12-18(19)28(31)32)14-23-24-17-6-5-16(27(29)30)13-20(17)36(33,34)26-9-2-3-10-26/h4-8,11-14,24H,2-3,9-10H2,1H3/b23-14-. The van der Waals surface area contributed by atoms with E-state index in [1.807, 2.05) is 0 Å². The average molecular weight is 532 g/mol. The van der Waals surface area contributed by atoms with Gasteiger partial charge in [0.15, 0.2) is 5.16 Å². The van der Waals surface area contributed by atoms with Crippen molar-refractivity contribution in [1.29, 1.82) is 0 Å². The Morgan fingerprint density at radius 2 is 1.86 bits per heavy atom. The first-order chi connectivity index (χ1) is 17.2. The summed E-state index contributed by atoms with van der Waals surface area (Å²) >= 11 is 1.15. The largest absolute Gasteiger partial charge is 0.329 e. The number of anilines is 1. The lowest BCUT2D eigenvalue weighted by atomic mass is 10.2. The van der Waals surface area contributed by atoms with E-state index >= 15 is 0 Å². The number of nitrogens with zero attached hydrogens (tertiary/aromatic N) is 6. The van der Waals surface area contributed by atoms with Crippen molar-refractivity contribution >= 4 is 45.1 Å². The van der Waals surface area contributed by atoms with Gasteiger partial charge in [0.25, 0.3) is 11.4 Å². The molecule has 0 saturated carbocycles. The number of nitro benzene ring substituents is 2. The van der Waals surface area contributed by atoms with Crippen molar-refractivity contribution in [2.75, 3.05) is 18.5 Å². The molecule has 0 bridgehead atoms. The average Bonchev–Trinajstić information content (AvgIpc) is 3.52. The van der Waals surface area contributed by atoms with Crippen LogP contribution in [0.4, 0.5) is 17.1 Å². The number of rotatable bonds is 9. The maximum Gasteiger partial charge on any atom is 0.283 e. The first-order valence-electron chi connectivity index (χ1n) is 10.7. The van der Waals surface area contributed by atoms with Crippen molar-refractivity contribution in [1.82, 2.24) is 13.9 Å². The van der Waals surface area contributed by atoms with Crippen LogP contribution < -0.4 is 5.43 Å². The summed E-state index contributed by atoms with van der Waals surface area (Å²) in [4.78, 5) is 26.0. The number of imidazole rings is 1. The number of non-ortho nitro benzene ring substituents is 1. The lowest BCUT2D eigenvalue weighted by Crippen LogP contribution is -2.28. The predicted molar refractivity (Wildman–Crippen MR) is 133 cm³/mol. The van der Waals surface area contributed by atoms with Gasteiger partial charge in [0, 0.05) is 56.3 Å². The molecular formula is C21H21N7O6S2. The van der Waals surface area contributed by atoms with E-state index < -0.39 is 19.9 Å². The highest BCUT2D eigenvalue weighted by Gasteiger charge is 2.31. The molecule has 0 aliphatic carbocycles. The number of benzene rings is 2. The van der Waals surface area contributed by atoms with Gasteiger partial charge in [-0.2, -0.15) is 9.41 Å². The molecule has 1 aromatic heterocycles. The van der Waals surface area contributed by atoms with Gasteiger partial charge in [-0.3, -0.25) is 25.7 Å². The van der Waals surface area contributed by atoms with Crippen LogP contribution in [0.25, 0.3) is 0 Å². The van der Waals surface area contributed by atoms with Crippen molar-refractivity contribution in [2.24, 2.45) is 12.1 Å². The molecule has 0 unspecified atom stereocenters. The molecule has 13 nitrogen and oxygen atoms in total. The number of hydrazone groups is 1. The van der Waals surface area contributed by atoms with Gasteiger partial charge in [-0.05, 0) is 36.7 Å². The minimum absolute atomic E-state index is 0.0557. The summed E-state index contributed by atoms with van der Waals surface area (Å²) in [7, 11) is -2.20. The lowest BCUT2D eigenvalue weighted by Gasteiger charge is -2.17. The summed E-state index contributed by atoms with van der Waals surface area (Å²) in [5.41, 5.74) is 2.56. The van der Waals surface area contributed by atoms with Crippen LogP contribution in [0.2, 0.25) is 0 Å². The second-order valence-electron chi connectivity index (χ2n) is 7.83. The monoisotopic (exact) mass is 531 g/mol. The number of sulfonamides is 1. The fourth-order valence-electron chi connectivity index (χ4n) is 3.57. The van der Waals surface area contributed by atoms with Crippen LogP contribution in [0.15, 0.2) is 68.8 Å². The molecule has 0 amide bonds. The zero-order chi connectivity index (χ0) is 25.9. The van der Waals surface area contributed by atoms with Crippen LogP contribution in [-0.2, 0) is 17.1 Å². The minimum atomic E-state index is -3.98. The van der Waals surface area contributed by atoms with Gasteiger partial charge in [-0.15, -0.1) is 0 Å². The second kappa shape index (κ2) is 10.4. The van der Waals surface area contributed by atoms with Gasteiger partial charge < -0.3 is 4.57 Å². The van der Waals surface area contributed by atoms with Crippen molar-refractivity contribution in [3.05, 3.63) is 74.6 Å². The molecule has 3 aromatic rings. The second-order valence-corrected chi connectivity index (χ2v) is 10.7. The van der Waals surface area contributed by atoms with Crippen molar-refractivity contribution in [2.45, 2.75) is 27.8 Å². The number of aryl methyl sites for hydroxylation is 1. The Hall–Kier alpha value is -3.82. The summed E-state index contributed by atoms with van der Waals surface area (Å²) in [5.74, 6) is 0. The number of nitrogens with one attached hydrogen (secondary N) is 1. The van der Waals surface area contributed by atoms with E-state index in [0.29, 0.717) is 41.5 Å². The van der Waals surface area contributed by atoms with Gasteiger partial charge in [-0.1, -0.05) is 6.07 Å². The summed E-state index contributed by atoms with van der Waals surface area (Å²) in [6, 6.07) is 7.99. The van der Waals surface area contributed by atoms with E-state index in [-0.39, 0.29) is 22.0 Å². The quantitative estimate of drug-likeness (QED) is 0.246. The Labute approximate surface area is 210 Å². The van der Waals surface area contributed by atoms with Gasteiger partial charge >= 0.3 is 0 Å². The van der Waals surface area contributed by atoms with E-state index in [9.17, 15) is 28.6 Å². The van der Waals surface area contributed by atoms with Crippen molar-refractivity contribution in [3.8, 4) is 0 Å². The topological polar surface area (TPSA) is 166 Å². The van der Waals surface area contributed by atoms with Gasteiger partial charge in [-0.25, -0.2) is 13.4 Å². The molecule has 15 heteroatoms. The molecular weight excluding hydrogens is 510 g/mol. The van der Waals surface area contributed by atoms with Gasteiger partial charge in [0.05, 0.1) is 26.6 Å². The Kier molecular flexibility index (Phi) is 7.32. The highest BCUT2D eigenvalue weighted by atomic mass is 32.2. The van der Waals surface area contributed by atoms with E-state index in [0.717, 1.165) is 17.8 Å². The maximum atomic E-state index is 13.1.